The number of nitrogens with zero attached hydrogens (tertiary/aromatic N) is 7. The molecule has 2 aromatic carbocycles. The molecule has 2 fully saturated rings. The third-order valence-corrected chi connectivity index (χ3v) is 8.58. The molecule has 0 saturated carbocycles. The van der Waals surface area contributed by atoms with Crippen molar-refractivity contribution in [2.75, 3.05) is 71.7 Å². The lowest BCUT2D eigenvalue weighted by atomic mass is 10.1. The van der Waals surface area contributed by atoms with Crippen LogP contribution in [0.5, 0.6) is 11.5 Å². The number of carbonyl (C=O) groups is 1. The summed E-state index contributed by atoms with van der Waals surface area (Å²) in [5, 5.41) is 9.14. The van der Waals surface area contributed by atoms with E-state index in [9.17, 15) is 4.79 Å². The number of likely N-dealkylation sites (tertiary alicyclic amines) is 1. The van der Waals surface area contributed by atoms with Gasteiger partial charge in [0.25, 0.3) is 0 Å². The molecule has 2 aliphatic rings. The second-order valence-corrected chi connectivity index (χ2v) is 11.9. The molecule has 45 heavy (non-hydrogen) atoms. The Morgan fingerprint density at radius 1 is 1.07 bits per heavy atom. The number of para-hydroxylation sites is 1. The lowest BCUT2D eigenvalue weighted by Crippen LogP contribution is -2.44. The average molecular weight is 610 g/mol. The monoisotopic (exact) mass is 609 g/mol. The van der Waals surface area contributed by atoms with Gasteiger partial charge in [0, 0.05) is 57.5 Å². The second-order valence-electron chi connectivity index (χ2n) is 11.9. The Hall–Kier alpha value is -4.32. The van der Waals surface area contributed by atoms with E-state index in [4.69, 9.17) is 15.6 Å². The van der Waals surface area contributed by atoms with Crippen LogP contribution < -0.4 is 15.8 Å². The third-order valence-electron chi connectivity index (χ3n) is 8.58. The second kappa shape index (κ2) is 14.6. The highest BCUT2D eigenvalue weighted by atomic mass is 16.5. The summed E-state index contributed by atoms with van der Waals surface area (Å²) in [6, 6.07) is 17.5. The Morgan fingerprint density at radius 3 is 2.64 bits per heavy atom. The first-order valence-corrected chi connectivity index (χ1v) is 15.9. The molecule has 2 aliphatic heterocycles. The van der Waals surface area contributed by atoms with Crippen molar-refractivity contribution in [1.29, 1.82) is 0 Å². The van der Waals surface area contributed by atoms with Crippen molar-refractivity contribution in [2.24, 2.45) is 0 Å². The fourth-order valence-electron chi connectivity index (χ4n) is 6.14. The van der Waals surface area contributed by atoms with Gasteiger partial charge in [0.05, 0.1) is 11.4 Å². The molecule has 0 unspecified atom stereocenters. The summed E-state index contributed by atoms with van der Waals surface area (Å²) in [7, 11) is 2.11. The standard InChI is InChI=1S/C34H43N9O2/c1-40(19-7-20-41-22-16-36-17-23-41)18-6-11-30(44)42-21-5-8-27(24-42)43-34-31(33(35)37-25-38-34)32(39-43)26-12-14-29(15-13-26)45-28-9-3-2-4-10-28/h2-4,6,9-15,25,27,36H,5,7-8,16-24H2,1H3,(H2,35,37,38)/b11-6+/t27-/m1/s1. The first-order valence-electron chi connectivity index (χ1n) is 15.9. The van der Waals surface area contributed by atoms with Gasteiger partial charge in [-0.1, -0.05) is 24.3 Å². The molecule has 0 aliphatic carbocycles. The average Bonchev–Trinajstić information content (AvgIpc) is 3.47. The zero-order chi connectivity index (χ0) is 31.0. The molecule has 0 spiro atoms. The number of fused-ring (bicyclic) bond motifs is 1. The fourth-order valence-corrected chi connectivity index (χ4v) is 6.14. The van der Waals surface area contributed by atoms with Crippen LogP contribution in [-0.4, -0.2) is 106 Å². The Labute approximate surface area is 264 Å². The van der Waals surface area contributed by atoms with Crippen LogP contribution in [0.1, 0.15) is 25.3 Å². The van der Waals surface area contributed by atoms with Gasteiger partial charge in [0.15, 0.2) is 5.65 Å². The molecule has 6 rings (SSSR count). The van der Waals surface area contributed by atoms with Crippen molar-refractivity contribution in [3.8, 4) is 22.8 Å². The maximum atomic E-state index is 13.2. The SMILES string of the molecule is CN(C/C=C/C(=O)N1CCC[C@@H](n2nc(-c3ccc(Oc4ccccc4)cc3)c3c(N)ncnc32)C1)CCCN1CCNCC1. The van der Waals surface area contributed by atoms with E-state index in [0.717, 1.165) is 99.8 Å². The maximum absolute atomic E-state index is 13.2. The summed E-state index contributed by atoms with van der Waals surface area (Å²) in [6.45, 7) is 8.59. The molecule has 4 heterocycles. The number of rotatable bonds is 11. The Morgan fingerprint density at radius 2 is 1.84 bits per heavy atom. The lowest BCUT2D eigenvalue weighted by molar-refractivity contribution is -0.127. The molecule has 236 valence electrons. The number of piperazine rings is 1. The maximum Gasteiger partial charge on any atom is 0.246 e. The van der Waals surface area contributed by atoms with E-state index >= 15 is 0 Å². The van der Waals surface area contributed by atoms with E-state index in [1.54, 1.807) is 6.08 Å². The Kier molecular flexibility index (Phi) is 9.99. The lowest BCUT2D eigenvalue weighted by Gasteiger charge is -2.32. The van der Waals surface area contributed by atoms with Gasteiger partial charge in [0.2, 0.25) is 5.91 Å². The zero-order valence-corrected chi connectivity index (χ0v) is 26.0. The number of piperidine rings is 1. The minimum Gasteiger partial charge on any atom is -0.457 e. The number of nitrogen functional groups attached to an aromatic ring is 1. The Bertz CT molecular complexity index is 1580. The van der Waals surface area contributed by atoms with Gasteiger partial charge in [-0.15, -0.1) is 0 Å². The molecule has 1 amide bonds. The highest BCUT2D eigenvalue weighted by Gasteiger charge is 2.28. The zero-order valence-electron chi connectivity index (χ0n) is 26.0. The van der Waals surface area contributed by atoms with E-state index in [1.165, 1.54) is 6.33 Å². The predicted molar refractivity (Wildman–Crippen MR) is 177 cm³/mol. The number of aromatic nitrogens is 4. The smallest absolute Gasteiger partial charge is 0.246 e. The van der Waals surface area contributed by atoms with Crippen molar-refractivity contribution in [3.05, 3.63) is 73.1 Å². The van der Waals surface area contributed by atoms with Crippen LogP contribution in [-0.2, 0) is 4.79 Å². The summed E-state index contributed by atoms with van der Waals surface area (Å²) in [5.74, 6) is 1.93. The number of anilines is 1. The summed E-state index contributed by atoms with van der Waals surface area (Å²) in [6.07, 6.45) is 8.10. The van der Waals surface area contributed by atoms with Crippen LogP contribution in [0.4, 0.5) is 5.82 Å². The van der Waals surface area contributed by atoms with Gasteiger partial charge in [-0.25, -0.2) is 14.6 Å². The van der Waals surface area contributed by atoms with E-state index in [-0.39, 0.29) is 11.9 Å². The van der Waals surface area contributed by atoms with Crippen LogP contribution in [0.15, 0.2) is 73.1 Å². The number of hydrogen-bond donors (Lipinski definition) is 2. The van der Waals surface area contributed by atoms with Gasteiger partial charge >= 0.3 is 0 Å². The fraction of sp³-hybridized carbons (Fsp3) is 0.412. The summed E-state index contributed by atoms with van der Waals surface area (Å²) < 4.78 is 7.91. The minimum atomic E-state index is -0.0185. The van der Waals surface area contributed by atoms with Crippen LogP contribution in [0.3, 0.4) is 0 Å². The topological polar surface area (TPSA) is 118 Å². The van der Waals surface area contributed by atoms with E-state index in [0.29, 0.717) is 18.0 Å². The number of hydrogen-bond acceptors (Lipinski definition) is 9. The van der Waals surface area contributed by atoms with Gasteiger partial charge in [-0.05, 0) is 75.8 Å². The number of nitrogens with one attached hydrogen (secondary N) is 1. The molecular formula is C34H43N9O2. The van der Waals surface area contributed by atoms with Crippen LogP contribution in [0, 0.1) is 0 Å². The number of likely N-dealkylation sites (N-methyl/N-ethyl adjacent to an activating group) is 1. The van der Waals surface area contributed by atoms with Gasteiger partial charge in [-0.3, -0.25) is 4.79 Å². The largest absolute Gasteiger partial charge is 0.457 e. The Balaban J connectivity index is 1.10. The van der Waals surface area contributed by atoms with Gasteiger partial charge in [-0.2, -0.15) is 5.10 Å². The normalized spacial score (nSPS) is 17.8. The highest BCUT2D eigenvalue weighted by Crippen LogP contribution is 2.35. The minimum absolute atomic E-state index is 0.0185. The number of nitrogens with two attached hydrogens (primary N) is 1. The summed E-state index contributed by atoms with van der Waals surface area (Å²) >= 11 is 0. The van der Waals surface area contributed by atoms with Crippen molar-refractivity contribution in [2.45, 2.75) is 25.3 Å². The molecule has 2 aromatic heterocycles. The molecule has 2 saturated heterocycles. The van der Waals surface area contributed by atoms with Crippen molar-refractivity contribution >= 4 is 22.8 Å². The highest BCUT2D eigenvalue weighted by molar-refractivity contribution is 5.98. The van der Waals surface area contributed by atoms with Crippen LogP contribution >= 0.6 is 0 Å². The van der Waals surface area contributed by atoms with Crippen molar-refractivity contribution in [3.63, 3.8) is 0 Å². The first kappa shape index (κ1) is 30.7. The molecule has 3 N–H and O–H groups in total. The van der Waals surface area contributed by atoms with E-state index in [2.05, 4.69) is 32.1 Å². The predicted octanol–water partition coefficient (Wildman–Crippen LogP) is 3.81. The third kappa shape index (κ3) is 7.67. The van der Waals surface area contributed by atoms with E-state index < -0.39 is 0 Å². The quantitative estimate of drug-likeness (QED) is 0.245. The number of benzene rings is 2. The van der Waals surface area contributed by atoms with Gasteiger partial charge in [0.1, 0.15) is 29.3 Å². The summed E-state index contributed by atoms with van der Waals surface area (Å²) in [5.41, 5.74) is 8.67. The number of ether oxygens (including phenoxy) is 1. The molecule has 11 nitrogen and oxygen atoms in total. The number of amides is 1. The molecule has 4 aromatic rings. The van der Waals surface area contributed by atoms with Gasteiger partial charge < -0.3 is 30.5 Å². The van der Waals surface area contributed by atoms with Crippen molar-refractivity contribution < 1.29 is 9.53 Å². The van der Waals surface area contributed by atoms with Crippen LogP contribution in [0.2, 0.25) is 0 Å². The molecule has 1 atom stereocenters. The molecule has 11 heteroatoms. The van der Waals surface area contributed by atoms with E-state index in [1.807, 2.05) is 70.3 Å². The number of carbonyl (C=O) groups excluding carboxylic acids is 1. The molecule has 0 bridgehead atoms. The van der Waals surface area contributed by atoms with Crippen molar-refractivity contribution in [1.82, 2.24) is 39.8 Å². The molecular weight excluding hydrogens is 566 g/mol. The summed E-state index contributed by atoms with van der Waals surface area (Å²) in [4.78, 5) is 28.8. The first-order chi connectivity index (χ1) is 22.0. The van der Waals surface area contributed by atoms with Crippen LogP contribution in [0.25, 0.3) is 22.3 Å². The molecule has 0 radical (unpaired) electrons.